The van der Waals surface area contributed by atoms with Gasteiger partial charge in [-0.25, -0.2) is 9.98 Å². The van der Waals surface area contributed by atoms with Crippen molar-refractivity contribution in [1.82, 2.24) is 15.2 Å². The number of anilines is 3. The lowest BCUT2D eigenvalue weighted by atomic mass is 9.89. The van der Waals surface area contributed by atoms with Crippen LogP contribution in [0.25, 0.3) is 11.6 Å². The molecule has 1 aliphatic carbocycles. The first-order chi connectivity index (χ1) is 18.0. The number of hydrogen-bond donors (Lipinski definition) is 4. The molecule has 4 N–H and O–H groups in total. The molecule has 10 nitrogen and oxygen atoms in total. The fraction of sp³-hybridized carbons (Fsp3) is 0.222. The molecule has 2 aliphatic rings. The minimum atomic E-state index is -1.01. The van der Waals surface area contributed by atoms with Crippen molar-refractivity contribution in [2.45, 2.75) is 38.1 Å². The first-order valence-electron chi connectivity index (χ1n) is 12.1. The summed E-state index contributed by atoms with van der Waals surface area (Å²) in [4.78, 5) is 22.3. The van der Waals surface area contributed by atoms with E-state index in [0.29, 0.717) is 22.8 Å². The number of benzene rings is 2. The number of nitrogens with zero attached hydrogens (tertiary/aromatic N) is 4. The fourth-order valence-electron chi connectivity index (χ4n) is 4.38. The normalized spacial score (nSPS) is 20.6. The number of carbonyl (C=O) groups is 1. The first-order valence-corrected chi connectivity index (χ1v) is 12.1. The van der Waals surface area contributed by atoms with E-state index in [-0.39, 0.29) is 23.9 Å². The number of aliphatic imine (C=N–C) groups is 1. The Hall–Kier alpha value is -4.57. The predicted octanol–water partition coefficient (Wildman–Crippen LogP) is 3.60. The zero-order valence-electron chi connectivity index (χ0n) is 20.0. The number of aromatic nitrogens is 3. The second kappa shape index (κ2) is 9.47. The Kier molecular flexibility index (Phi) is 5.85. The Bertz CT molecular complexity index is 1480. The van der Waals surface area contributed by atoms with Gasteiger partial charge < -0.3 is 25.5 Å². The van der Waals surface area contributed by atoms with Crippen LogP contribution in [-0.4, -0.2) is 50.2 Å². The van der Waals surface area contributed by atoms with E-state index in [1.807, 2.05) is 67.6 Å². The van der Waals surface area contributed by atoms with Gasteiger partial charge in [0.05, 0.1) is 29.2 Å². The summed E-state index contributed by atoms with van der Waals surface area (Å²) in [7, 11) is 0. The summed E-state index contributed by atoms with van der Waals surface area (Å²) in [6.07, 6.45) is 1.93. The van der Waals surface area contributed by atoms with Crippen molar-refractivity contribution in [3.63, 3.8) is 0 Å². The van der Waals surface area contributed by atoms with E-state index in [0.717, 1.165) is 29.5 Å². The third-order valence-corrected chi connectivity index (χ3v) is 6.48. The predicted molar refractivity (Wildman–Crippen MR) is 139 cm³/mol. The summed E-state index contributed by atoms with van der Waals surface area (Å²) in [5.41, 5.74) is 5.15. The van der Waals surface area contributed by atoms with Crippen LogP contribution in [0.15, 0.2) is 76.3 Å². The molecule has 10 heteroatoms. The van der Waals surface area contributed by atoms with E-state index in [9.17, 15) is 9.90 Å². The number of amides is 1. The highest BCUT2D eigenvalue weighted by atomic mass is 16.4. The molecule has 186 valence electrons. The van der Waals surface area contributed by atoms with Gasteiger partial charge in [-0.2, -0.15) is 0 Å². The fourth-order valence-corrected chi connectivity index (χ4v) is 4.38. The molecule has 0 bridgehead atoms. The van der Waals surface area contributed by atoms with Crippen LogP contribution in [0.3, 0.4) is 0 Å². The third kappa shape index (κ3) is 4.54. The summed E-state index contributed by atoms with van der Waals surface area (Å²) in [5.74, 6) is -0.170. The van der Waals surface area contributed by atoms with Crippen molar-refractivity contribution >= 4 is 29.0 Å². The number of aliphatic hydroxyl groups is 1. The summed E-state index contributed by atoms with van der Waals surface area (Å²) in [5, 5.41) is 27.5. The van der Waals surface area contributed by atoms with Crippen LogP contribution in [-0.2, 0) is 4.79 Å². The zero-order valence-corrected chi connectivity index (χ0v) is 20.0. The van der Waals surface area contributed by atoms with Gasteiger partial charge in [0, 0.05) is 17.3 Å². The Morgan fingerprint density at radius 3 is 2.62 bits per heavy atom. The summed E-state index contributed by atoms with van der Waals surface area (Å²) in [6.45, 7) is 1.94. The number of benzodiazepines with no additional fused rings is 1. The molecule has 37 heavy (non-hydrogen) atoms. The van der Waals surface area contributed by atoms with Gasteiger partial charge in [0.2, 0.25) is 6.17 Å². The van der Waals surface area contributed by atoms with Gasteiger partial charge in [-0.05, 0) is 37.5 Å². The molecule has 0 spiro atoms. The summed E-state index contributed by atoms with van der Waals surface area (Å²) < 4.78 is 5.87. The van der Waals surface area contributed by atoms with Crippen molar-refractivity contribution < 1.29 is 14.3 Å². The van der Waals surface area contributed by atoms with Crippen LogP contribution in [0.1, 0.15) is 29.5 Å². The maximum absolute atomic E-state index is 13.1. The molecule has 3 heterocycles. The lowest BCUT2D eigenvalue weighted by Gasteiger charge is -2.34. The average Bonchev–Trinajstić information content (AvgIpc) is 3.32. The average molecular weight is 496 g/mol. The van der Waals surface area contributed by atoms with Crippen LogP contribution in [0.2, 0.25) is 0 Å². The van der Waals surface area contributed by atoms with Crippen LogP contribution >= 0.6 is 0 Å². The molecule has 1 saturated carbocycles. The van der Waals surface area contributed by atoms with Crippen LogP contribution in [0.4, 0.5) is 17.4 Å². The number of pyridine rings is 1. The second-order valence-electron chi connectivity index (χ2n) is 9.14. The van der Waals surface area contributed by atoms with Crippen molar-refractivity contribution in [3.05, 3.63) is 83.6 Å². The number of aliphatic hydroxyl groups excluding tert-OH is 1. The molecule has 1 aliphatic heterocycles. The van der Waals surface area contributed by atoms with Crippen molar-refractivity contribution in [2.75, 3.05) is 16.0 Å². The van der Waals surface area contributed by atoms with Gasteiger partial charge >= 0.3 is 6.01 Å². The maximum Gasteiger partial charge on any atom is 0.317 e. The van der Waals surface area contributed by atoms with Gasteiger partial charge in [-0.1, -0.05) is 53.6 Å². The molecule has 2 aromatic heterocycles. The topological polar surface area (TPSA) is 138 Å². The largest absolute Gasteiger partial charge is 0.402 e. The Balaban J connectivity index is 1.31. The van der Waals surface area contributed by atoms with Gasteiger partial charge in [0.1, 0.15) is 0 Å². The standard InChI is InChI=1S/C27H25N7O3/c1-15-13-20(29-19-11-12-21(19)35)23(28-14-15)26-33-34-27(37-26)32-24-25(36)30-18-10-6-5-9-17(18)22(31-24)16-7-3-2-4-8-16/h2-10,13-14,19,21,24,29,35H,11-12H2,1H3,(H,30,36)(H,32,34)/t19-,21+,24-/m1/s1. The van der Waals surface area contributed by atoms with Crippen LogP contribution in [0, 0.1) is 6.92 Å². The molecule has 4 aromatic rings. The highest BCUT2D eigenvalue weighted by Gasteiger charge is 2.31. The van der Waals surface area contributed by atoms with E-state index >= 15 is 0 Å². The summed E-state index contributed by atoms with van der Waals surface area (Å²) >= 11 is 0. The zero-order chi connectivity index (χ0) is 25.4. The summed E-state index contributed by atoms with van der Waals surface area (Å²) in [6, 6.07) is 19.1. The Morgan fingerprint density at radius 1 is 1.03 bits per heavy atom. The molecule has 3 atom stereocenters. The van der Waals surface area contributed by atoms with Crippen LogP contribution in [0.5, 0.6) is 0 Å². The van der Waals surface area contributed by atoms with E-state index in [4.69, 9.17) is 9.41 Å². The molecule has 1 amide bonds. The van der Waals surface area contributed by atoms with Crippen molar-refractivity contribution in [1.29, 1.82) is 0 Å². The van der Waals surface area contributed by atoms with Crippen molar-refractivity contribution in [3.8, 4) is 11.6 Å². The van der Waals surface area contributed by atoms with E-state index in [1.165, 1.54) is 0 Å². The lowest BCUT2D eigenvalue weighted by molar-refractivity contribution is -0.116. The van der Waals surface area contributed by atoms with Crippen LogP contribution < -0.4 is 16.0 Å². The minimum Gasteiger partial charge on any atom is -0.402 e. The van der Waals surface area contributed by atoms with Crippen molar-refractivity contribution in [2.24, 2.45) is 4.99 Å². The molecule has 1 fully saturated rings. The lowest BCUT2D eigenvalue weighted by Crippen LogP contribution is -2.42. The van der Waals surface area contributed by atoms with E-state index in [2.05, 4.69) is 31.1 Å². The van der Waals surface area contributed by atoms with Gasteiger partial charge in [0.15, 0.2) is 5.69 Å². The minimum absolute atomic E-state index is 0.0364. The van der Waals surface area contributed by atoms with Gasteiger partial charge in [0.25, 0.3) is 11.8 Å². The number of hydrogen-bond acceptors (Lipinski definition) is 9. The number of para-hydroxylation sites is 1. The molecule has 0 radical (unpaired) electrons. The maximum atomic E-state index is 13.1. The molecule has 0 saturated heterocycles. The van der Waals surface area contributed by atoms with E-state index < -0.39 is 12.3 Å². The number of carbonyl (C=O) groups excluding carboxylic acids is 1. The van der Waals surface area contributed by atoms with Gasteiger partial charge in [-0.3, -0.25) is 4.79 Å². The number of fused-ring (bicyclic) bond motifs is 1. The monoisotopic (exact) mass is 495 g/mol. The third-order valence-electron chi connectivity index (χ3n) is 6.48. The molecule has 0 unspecified atom stereocenters. The SMILES string of the molecule is Cc1cnc(-c2nnc(N[C@H]3N=C(c4ccccc4)c4ccccc4NC3=O)o2)c(N[C@@H]2CC[C@@H]2O)c1. The van der Waals surface area contributed by atoms with E-state index in [1.54, 1.807) is 6.20 Å². The molecule has 6 rings (SSSR count). The molecular weight excluding hydrogens is 470 g/mol. The second-order valence-corrected chi connectivity index (χ2v) is 9.14. The highest BCUT2D eigenvalue weighted by molar-refractivity contribution is 6.19. The number of aryl methyl sites for hydroxylation is 1. The number of nitrogens with one attached hydrogen (secondary N) is 3. The van der Waals surface area contributed by atoms with Gasteiger partial charge in [-0.15, -0.1) is 5.10 Å². The smallest absolute Gasteiger partial charge is 0.317 e. The molecule has 2 aromatic carbocycles. The number of rotatable bonds is 6. The quantitative estimate of drug-likeness (QED) is 0.318. The Labute approximate surface area is 212 Å². The first kappa shape index (κ1) is 22.9. The highest BCUT2D eigenvalue weighted by Crippen LogP contribution is 2.31. The molecular formula is C27H25N7O3. The Morgan fingerprint density at radius 2 is 1.84 bits per heavy atom.